The lowest BCUT2D eigenvalue weighted by Crippen LogP contribution is -2.44. The van der Waals surface area contributed by atoms with Crippen LogP contribution >= 0.6 is 23.2 Å². The van der Waals surface area contributed by atoms with Crippen molar-refractivity contribution >= 4 is 35.1 Å². The first kappa shape index (κ1) is 15.2. The molecule has 6 nitrogen and oxygen atoms in total. The van der Waals surface area contributed by atoms with E-state index in [9.17, 15) is 0 Å². The van der Waals surface area contributed by atoms with Gasteiger partial charge in [0, 0.05) is 26.2 Å². The average molecular weight is 339 g/mol. The van der Waals surface area contributed by atoms with E-state index in [0.717, 1.165) is 31.9 Å². The molecule has 0 spiro atoms. The van der Waals surface area contributed by atoms with Crippen LogP contribution in [0.3, 0.4) is 0 Å². The maximum absolute atomic E-state index is 5.83. The monoisotopic (exact) mass is 338 g/mol. The number of anilines is 2. The van der Waals surface area contributed by atoms with E-state index in [-0.39, 0.29) is 0 Å². The van der Waals surface area contributed by atoms with Gasteiger partial charge in [0.05, 0.1) is 34.8 Å². The Hall–Kier alpha value is -1.66. The van der Waals surface area contributed by atoms with Crippen molar-refractivity contribution in [3.8, 4) is 0 Å². The molecular formula is C14H16Cl2N6. The van der Waals surface area contributed by atoms with E-state index in [2.05, 4.69) is 29.7 Å². The molecule has 0 aromatic carbocycles. The molecule has 8 heteroatoms. The predicted molar refractivity (Wildman–Crippen MR) is 87.7 cm³/mol. The number of aromatic nitrogens is 4. The highest BCUT2D eigenvalue weighted by Gasteiger charge is 2.25. The van der Waals surface area contributed by atoms with Crippen LogP contribution in [0, 0.1) is 0 Å². The third kappa shape index (κ3) is 3.39. The molecule has 1 fully saturated rings. The fourth-order valence-corrected chi connectivity index (χ4v) is 2.77. The van der Waals surface area contributed by atoms with E-state index in [1.165, 1.54) is 0 Å². The standard InChI is InChI=1S/C14H16Cl2N6/c1-21(13-17-6-10(15)7-18-13)12-2-4-22(5-3-12)14-19-8-11(16)9-20-14/h6-9,12H,2-5H2,1H3. The maximum Gasteiger partial charge on any atom is 0.225 e. The topological polar surface area (TPSA) is 58.0 Å². The fourth-order valence-electron chi connectivity index (χ4n) is 2.57. The summed E-state index contributed by atoms with van der Waals surface area (Å²) in [6.07, 6.45) is 8.49. The van der Waals surface area contributed by atoms with Gasteiger partial charge < -0.3 is 9.80 Å². The number of halogens is 2. The number of nitrogens with zero attached hydrogens (tertiary/aromatic N) is 6. The van der Waals surface area contributed by atoms with Crippen LogP contribution < -0.4 is 9.80 Å². The van der Waals surface area contributed by atoms with Gasteiger partial charge >= 0.3 is 0 Å². The van der Waals surface area contributed by atoms with Crippen molar-refractivity contribution in [2.45, 2.75) is 18.9 Å². The van der Waals surface area contributed by atoms with Gasteiger partial charge in [-0.25, -0.2) is 19.9 Å². The minimum atomic E-state index is 0.393. The Balaban J connectivity index is 1.61. The fraction of sp³-hybridized carbons (Fsp3) is 0.429. The van der Waals surface area contributed by atoms with Crippen LogP contribution in [-0.4, -0.2) is 46.1 Å². The zero-order valence-electron chi connectivity index (χ0n) is 12.2. The Morgan fingerprint density at radius 1 is 0.955 bits per heavy atom. The Labute approximate surface area is 139 Å². The summed E-state index contributed by atoms with van der Waals surface area (Å²) in [5, 5.41) is 1.10. The lowest BCUT2D eigenvalue weighted by atomic mass is 10.0. The van der Waals surface area contributed by atoms with Crippen molar-refractivity contribution in [2.24, 2.45) is 0 Å². The molecule has 1 saturated heterocycles. The molecular weight excluding hydrogens is 323 g/mol. The highest BCUT2D eigenvalue weighted by atomic mass is 35.5. The van der Waals surface area contributed by atoms with Gasteiger partial charge in [0.15, 0.2) is 0 Å². The van der Waals surface area contributed by atoms with Gasteiger partial charge in [-0.2, -0.15) is 0 Å². The second kappa shape index (κ2) is 6.62. The summed E-state index contributed by atoms with van der Waals surface area (Å²) in [7, 11) is 2.02. The molecule has 0 unspecified atom stereocenters. The van der Waals surface area contributed by atoms with Crippen molar-refractivity contribution in [3.05, 3.63) is 34.8 Å². The van der Waals surface area contributed by atoms with Crippen LogP contribution in [-0.2, 0) is 0 Å². The van der Waals surface area contributed by atoms with Gasteiger partial charge in [0.2, 0.25) is 11.9 Å². The molecule has 2 aromatic rings. The van der Waals surface area contributed by atoms with Crippen molar-refractivity contribution in [1.82, 2.24) is 19.9 Å². The van der Waals surface area contributed by atoms with Gasteiger partial charge in [-0.15, -0.1) is 0 Å². The van der Waals surface area contributed by atoms with Crippen LogP contribution in [0.1, 0.15) is 12.8 Å². The quantitative estimate of drug-likeness (QED) is 0.857. The SMILES string of the molecule is CN(c1ncc(Cl)cn1)C1CCN(c2ncc(Cl)cn2)CC1. The number of hydrogen-bond acceptors (Lipinski definition) is 6. The Morgan fingerprint density at radius 3 is 2.00 bits per heavy atom. The molecule has 2 aromatic heterocycles. The molecule has 0 saturated carbocycles. The highest BCUT2D eigenvalue weighted by molar-refractivity contribution is 6.30. The molecule has 3 rings (SSSR count). The second-order valence-electron chi connectivity index (χ2n) is 5.23. The third-order valence-electron chi connectivity index (χ3n) is 3.82. The molecule has 0 atom stereocenters. The van der Waals surface area contributed by atoms with E-state index >= 15 is 0 Å². The van der Waals surface area contributed by atoms with E-state index in [4.69, 9.17) is 23.2 Å². The Bertz CT molecular complexity index is 610. The van der Waals surface area contributed by atoms with E-state index < -0.39 is 0 Å². The molecule has 0 amide bonds. The Kier molecular flexibility index (Phi) is 4.59. The number of hydrogen-bond donors (Lipinski definition) is 0. The largest absolute Gasteiger partial charge is 0.341 e. The zero-order chi connectivity index (χ0) is 15.5. The zero-order valence-corrected chi connectivity index (χ0v) is 13.7. The molecule has 0 N–H and O–H groups in total. The summed E-state index contributed by atoms with van der Waals surface area (Å²) in [5.41, 5.74) is 0. The molecule has 22 heavy (non-hydrogen) atoms. The number of rotatable bonds is 3. The van der Waals surface area contributed by atoms with E-state index in [0.29, 0.717) is 22.0 Å². The first-order chi connectivity index (χ1) is 10.6. The Morgan fingerprint density at radius 2 is 1.45 bits per heavy atom. The maximum atomic E-state index is 5.83. The van der Waals surface area contributed by atoms with Crippen molar-refractivity contribution in [3.63, 3.8) is 0 Å². The van der Waals surface area contributed by atoms with Gasteiger partial charge in [-0.1, -0.05) is 23.2 Å². The third-order valence-corrected chi connectivity index (χ3v) is 4.21. The summed E-state index contributed by atoms with van der Waals surface area (Å²) in [4.78, 5) is 21.4. The molecule has 1 aliphatic heterocycles. The molecule has 0 aliphatic carbocycles. The van der Waals surface area contributed by atoms with Gasteiger partial charge in [-0.05, 0) is 12.8 Å². The summed E-state index contributed by atoms with van der Waals surface area (Å²) in [6.45, 7) is 1.79. The second-order valence-corrected chi connectivity index (χ2v) is 6.10. The van der Waals surface area contributed by atoms with Crippen LogP contribution in [0.25, 0.3) is 0 Å². The minimum absolute atomic E-state index is 0.393. The van der Waals surface area contributed by atoms with E-state index in [1.54, 1.807) is 24.8 Å². The van der Waals surface area contributed by atoms with Crippen LogP contribution in [0.5, 0.6) is 0 Å². The molecule has 116 valence electrons. The summed E-state index contributed by atoms with van der Waals surface area (Å²) in [6, 6.07) is 0.393. The van der Waals surface area contributed by atoms with Crippen LogP contribution in [0.4, 0.5) is 11.9 Å². The lowest BCUT2D eigenvalue weighted by molar-refractivity contribution is 0.473. The van der Waals surface area contributed by atoms with Crippen molar-refractivity contribution in [1.29, 1.82) is 0 Å². The summed E-state index contributed by atoms with van der Waals surface area (Å²) in [5.74, 6) is 1.43. The summed E-state index contributed by atoms with van der Waals surface area (Å²) >= 11 is 11.6. The van der Waals surface area contributed by atoms with Crippen molar-refractivity contribution in [2.75, 3.05) is 29.9 Å². The van der Waals surface area contributed by atoms with Crippen molar-refractivity contribution < 1.29 is 0 Å². The first-order valence-corrected chi connectivity index (χ1v) is 7.82. The predicted octanol–water partition coefficient (Wildman–Crippen LogP) is 2.68. The molecule has 0 radical (unpaired) electrons. The minimum Gasteiger partial charge on any atom is -0.341 e. The smallest absolute Gasteiger partial charge is 0.225 e. The van der Waals surface area contributed by atoms with Gasteiger partial charge in [-0.3, -0.25) is 0 Å². The first-order valence-electron chi connectivity index (χ1n) is 7.06. The average Bonchev–Trinajstić information content (AvgIpc) is 2.56. The lowest BCUT2D eigenvalue weighted by Gasteiger charge is -2.36. The van der Waals surface area contributed by atoms with Crippen LogP contribution in [0.15, 0.2) is 24.8 Å². The van der Waals surface area contributed by atoms with Crippen LogP contribution in [0.2, 0.25) is 10.0 Å². The highest BCUT2D eigenvalue weighted by Crippen LogP contribution is 2.22. The van der Waals surface area contributed by atoms with Gasteiger partial charge in [0.1, 0.15) is 0 Å². The number of piperidine rings is 1. The van der Waals surface area contributed by atoms with Gasteiger partial charge in [0.25, 0.3) is 0 Å². The molecule has 0 bridgehead atoms. The molecule has 1 aliphatic rings. The molecule has 3 heterocycles. The van der Waals surface area contributed by atoms with E-state index in [1.807, 2.05) is 7.05 Å². The summed E-state index contributed by atoms with van der Waals surface area (Å²) < 4.78 is 0. The normalized spacial score (nSPS) is 15.9.